The van der Waals surface area contributed by atoms with E-state index in [1.54, 1.807) is 6.20 Å². The van der Waals surface area contributed by atoms with Gasteiger partial charge in [0.1, 0.15) is 0 Å². The highest BCUT2D eigenvalue weighted by molar-refractivity contribution is 6.30. The average molecular weight is 516 g/mol. The molecule has 0 spiro atoms. The van der Waals surface area contributed by atoms with E-state index in [4.69, 9.17) is 17.3 Å². The Morgan fingerprint density at radius 2 is 1.84 bits per heavy atom. The number of likely N-dealkylation sites (tertiary alicyclic amines) is 1. The van der Waals surface area contributed by atoms with Crippen molar-refractivity contribution in [3.8, 4) is 0 Å². The number of aromatic amines is 1. The number of piperidine rings is 1. The Labute approximate surface area is 220 Å². The van der Waals surface area contributed by atoms with Gasteiger partial charge < -0.3 is 16.0 Å². The van der Waals surface area contributed by atoms with Crippen LogP contribution in [0, 0.1) is 5.92 Å². The largest absolute Gasteiger partial charge is 0.369 e. The Morgan fingerprint density at radius 3 is 2.54 bits per heavy atom. The van der Waals surface area contributed by atoms with Crippen molar-refractivity contribution in [1.29, 1.82) is 0 Å². The van der Waals surface area contributed by atoms with Crippen molar-refractivity contribution in [2.45, 2.75) is 37.6 Å². The number of benzene rings is 2. The number of aromatic nitrogens is 2. The number of fused-ring (bicyclic) bond motifs is 3. The second-order valence-corrected chi connectivity index (χ2v) is 10.9. The van der Waals surface area contributed by atoms with Gasteiger partial charge in [0.25, 0.3) is 5.91 Å². The Hall–Kier alpha value is -3.42. The molecule has 2 aromatic heterocycles. The number of pyridine rings is 1. The van der Waals surface area contributed by atoms with Crippen LogP contribution in [0.4, 0.5) is 0 Å². The predicted octanol–water partition coefficient (Wildman–Crippen LogP) is 4.53. The molecule has 0 unspecified atom stereocenters. The van der Waals surface area contributed by atoms with Crippen LogP contribution >= 0.6 is 11.6 Å². The molecule has 7 nitrogen and oxygen atoms in total. The van der Waals surface area contributed by atoms with Crippen LogP contribution in [0.25, 0.3) is 21.8 Å². The Bertz CT molecular complexity index is 1480. The molecule has 4 aromatic rings. The van der Waals surface area contributed by atoms with E-state index in [1.807, 2.05) is 36.4 Å². The third-order valence-corrected chi connectivity index (χ3v) is 8.29. The zero-order valence-electron chi connectivity index (χ0n) is 20.6. The molecule has 1 saturated carbocycles. The Morgan fingerprint density at radius 1 is 1.08 bits per heavy atom. The van der Waals surface area contributed by atoms with Gasteiger partial charge in [0.2, 0.25) is 5.91 Å². The molecule has 0 radical (unpaired) electrons. The van der Waals surface area contributed by atoms with Gasteiger partial charge in [-0.15, -0.1) is 0 Å². The number of rotatable bonds is 7. The molecule has 1 saturated heterocycles. The van der Waals surface area contributed by atoms with Crippen molar-refractivity contribution >= 4 is 45.2 Å². The summed E-state index contributed by atoms with van der Waals surface area (Å²) in [6, 6.07) is 15.7. The number of amides is 2. The van der Waals surface area contributed by atoms with E-state index in [0.29, 0.717) is 23.7 Å². The maximum Gasteiger partial charge on any atom is 0.251 e. The first-order chi connectivity index (χ1) is 17.9. The van der Waals surface area contributed by atoms with Crippen LogP contribution in [0.2, 0.25) is 5.02 Å². The summed E-state index contributed by atoms with van der Waals surface area (Å²) in [4.78, 5) is 35.5. The standard InChI is InChI=1S/C29H30ClN5O2/c30-21-4-1-19(2-5-21)17-35-13-8-18(9-14-35)16-33-27(36)20-3-6-22-23-7-12-32-26(25(23)34-24(22)15-20)29(10-11-29)28(31)37/h1-7,12,15,18,34H,8-11,13-14,16-17H2,(H2,31,37)(H,33,36). The molecule has 2 fully saturated rings. The molecule has 3 heterocycles. The Kier molecular flexibility index (Phi) is 6.13. The van der Waals surface area contributed by atoms with Crippen LogP contribution in [0.1, 0.15) is 47.3 Å². The second kappa shape index (κ2) is 9.47. The first-order valence-electron chi connectivity index (χ1n) is 12.9. The molecule has 0 bridgehead atoms. The van der Waals surface area contributed by atoms with Crippen LogP contribution in [0.15, 0.2) is 54.7 Å². The van der Waals surface area contributed by atoms with Gasteiger partial charge in [-0.3, -0.25) is 19.5 Å². The van der Waals surface area contributed by atoms with Gasteiger partial charge in [-0.05, 0) is 80.6 Å². The second-order valence-electron chi connectivity index (χ2n) is 10.5. The zero-order chi connectivity index (χ0) is 25.6. The van der Waals surface area contributed by atoms with Gasteiger partial charge in [0.15, 0.2) is 0 Å². The number of nitrogens with one attached hydrogen (secondary N) is 2. The van der Waals surface area contributed by atoms with Crippen molar-refractivity contribution in [2.75, 3.05) is 19.6 Å². The van der Waals surface area contributed by atoms with Crippen LogP contribution in [-0.2, 0) is 16.8 Å². The molecule has 1 aliphatic heterocycles. The lowest BCUT2D eigenvalue weighted by molar-refractivity contribution is -0.120. The molecule has 2 amide bonds. The summed E-state index contributed by atoms with van der Waals surface area (Å²) in [6.07, 6.45) is 5.29. The maximum atomic E-state index is 13.0. The lowest BCUT2D eigenvalue weighted by atomic mass is 9.96. The van der Waals surface area contributed by atoms with Gasteiger partial charge in [-0.25, -0.2) is 0 Å². The van der Waals surface area contributed by atoms with Gasteiger partial charge in [-0.2, -0.15) is 0 Å². The van der Waals surface area contributed by atoms with E-state index in [0.717, 1.165) is 72.1 Å². The lowest BCUT2D eigenvalue weighted by Crippen LogP contribution is -2.38. The number of hydrogen-bond acceptors (Lipinski definition) is 4. The fourth-order valence-electron chi connectivity index (χ4n) is 5.59. The van der Waals surface area contributed by atoms with Crippen LogP contribution in [0.3, 0.4) is 0 Å². The summed E-state index contributed by atoms with van der Waals surface area (Å²) >= 11 is 5.99. The van der Waals surface area contributed by atoms with Crippen molar-refractivity contribution in [1.82, 2.24) is 20.2 Å². The van der Waals surface area contributed by atoms with Gasteiger partial charge in [-0.1, -0.05) is 29.8 Å². The highest BCUT2D eigenvalue weighted by Crippen LogP contribution is 2.49. The number of nitrogens with two attached hydrogens (primary N) is 1. The fraction of sp³-hybridized carbons (Fsp3) is 0.345. The van der Waals surface area contributed by atoms with Crippen LogP contribution in [-0.4, -0.2) is 46.3 Å². The number of nitrogens with zero attached hydrogens (tertiary/aromatic N) is 2. The van der Waals surface area contributed by atoms with Crippen molar-refractivity contribution < 1.29 is 9.59 Å². The normalized spacial score (nSPS) is 17.8. The SMILES string of the molecule is NC(=O)C1(c2nccc3c2[nH]c2cc(C(=O)NCC4CCN(Cc5ccc(Cl)cc5)CC4)ccc23)CC1. The number of carbonyl (C=O) groups excluding carboxylic acids is 2. The molecule has 8 heteroatoms. The van der Waals surface area contributed by atoms with Gasteiger partial charge in [0, 0.05) is 46.2 Å². The minimum Gasteiger partial charge on any atom is -0.369 e. The number of H-pyrrole nitrogens is 1. The minimum atomic E-state index is -0.676. The van der Waals surface area contributed by atoms with Gasteiger partial charge in [0.05, 0.1) is 16.6 Å². The first kappa shape index (κ1) is 23.9. The van der Waals surface area contributed by atoms with Crippen LogP contribution < -0.4 is 11.1 Å². The summed E-state index contributed by atoms with van der Waals surface area (Å²) < 4.78 is 0. The molecule has 2 aliphatic rings. The van der Waals surface area contributed by atoms with E-state index in [2.05, 4.69) is 32.3 Å². The van der Waals surface area contributed by atoms with Crippen molar-refractivity contribution in [2.24, 2.45) is 11.7 Å². The maximum absolute atomic E-state index is 13.0. The molecule has 6 rings (SSSR count). The average Bonchev–Trinajstić information content (AvgIpc) is 3.64. The predicted molar refractivity (Wildman–Crippen MR) is 145 cm³/mol. The summed E-state index contributed by atoms with van der Waals surface area (Å²) in [6.45, 7) is 3.65. The molecule has 0 atom stereocenters. The van der Waals surface area contributed by atoms with E-state index in [1.165, 1.54) is 5.56 Å². The highest BCUT2D eigenvalue weighted by Gasteiger charge is 2.52. The lowest BCUT2D eigenvalue weighted by Gasteiger charge is -2.32. The van der Waals surface area contributed by atoms with E-state index in [9.17, 15) is 9.59 Å². The third kappa shape index (κ3) is 4.58. The monoisotopic (exact) mass is 515 g/mol. The molecule has 2 aromatic carbocycles. The molecular formula is C29H30ClN5O2. The summed E-state index contributed by atoms with van der Waals surface area (Å²) in [5.41, 5.74) is 9.31. The number of carbonyl (C=O) groups is 2. The van der Waals surface area contributed by atoms with Gasteiger partial charge >= 0.3 is 0 Å². The van der Waals surface area contributed by atoms with Crippen LogP contribution in [0.5, 0.6) is 0 Å². The summed E-state index contributed by atoms with van der Waals surface area (Å²) in [7, 11) is 0. The smallest absolute Gasteiger partial charge is 0.251 e. The Balaban J connectivity index is 1.10. The third-order valence-electron chi connectivity index (χ3n) is 8.04. The first-order valence-corrected chi connectivity index (χ1v) is 13.3. The van der Waals surface area contributed by atoms with E-state index >= 15 is 0 Å². The number of primary amides is 1. The fourth-order valence-corrected chi connectivity index (χ4v) is 5.72. The quantitative estimate of drug-likeness (QED) is 0.336. The zero-order valence-corrected chi connectivity index (χ0v) is 21.4. The topological polar surface area (TPSA) is 104 Å². The molecule has 1 aliphatic carbocycles. The van der Waals surface area contributed by atoms with E-state index in [-0.39, 0.29) is 11.8 Å². The van der Waals surface area contributed by atoms with Crippen molar-refractivity contribution in [3.05, 3.63) is 76.6 Å². The van der Waals surface area contributed by atoms with Crippen molar-refractivity contribution in [3.63, 3.8) is 0 Å². The molecular weight excluding hydrogens is 486 g/mol. The summed E-state index contributed by atoms with van der Waals surface area (Å²) in [5.74, 6) is 0.0692. The molecule has 190 valence electrons. The molecule has 4 N–H and O–H groups in total. The molecule has 37 heavy (non-hydrogen) atoms. The minimum absolute atomic E-state index is 0.0710. The summed E-state index contributed by atoms with van der Waals surface area (Å²) in [5, 5.41) is 5.90. The highest BCUT2D eigenvalue weighted by atomic mass is 35.5. The number of hydrogen-bond donors (Lipinski definition) is 3. The van der Waals surface area contributed by atoms with E-state index < -0.39 is 5.41 Å². The number of halogens is 1.